The van der Waals surface area contributed by atoms with Gasteiger partial charge in [0.1, 0.15) is 5.54 Å². The van der Waals surface area contributed by atoms with Gasteiger partial charge in [-0.25, -0.2) is 4.79 Å². The number of rotatable bonds is 4. The quantitative estimate of drug-likeness (QED) is 0.850. The van der Waals surface area contributed by atoms with Crippen LogP contribution in [0.15, 0.2) is 24.5 Å². The van der Waals surface area contributed by atoms with E-state index in [0.717, 1.165) is 38.9 Å². The zero-order valence-corrected chi connectivity index (χ0v) is 13.8. The monoisotopic (exact) mass is 316 g/mol. The third kappa shape index (κ3) is 3.08. The molecule has 2 fully saturated rings. The van der Waals surface area contributed by atoms with Crippen molar-refractivity contribution < 1.29 is 9.59 Å². The maximum Gasteiger partial charge on any atom is 0.324 e. The molecule has 0 spiro atoms. The van der Waals surface area contributed by atoms with Crippen molar-refractivity contribution in [3.05, 3.63) is 30.1 Å². The van der Waals surface area contributed by atoms with Crippen LogP contribution in [0.1, 0.15) is 25.3 Å². The zero-order valence-electron chi connectivity index (χ0n) is 13.8. The van der Waals surface area contributed by atoms with Gasteiger partial charge in [0.15, 0.2) is 0 Å². The van der Waals surface area contributed by atoms with E-state index in [1.165, 1.54) is 10.5 Å². The second-order valence-electron chi connectivity index (χ2n) is 6.74. The smallest absolute Gasteiger partial charge is 0.323 e. The molecule has 0 radical (unpaired) electrons. The summed E-state index contributed by atoms with van der Waals surface area (Å²) in [5.74, 6) is 0.0542. The molecule has 0 bridgehead atoms. The van der Waals surface area contributed by atoms with Gasteiger partial charge >= 0.3 is 6.03 Å². The average Bonchev–Trinajstić information content (AvgIpc) is 2.78. The number of imide groups is 1. The number of amides is 3. The minimum Gasteiger partial charge on any atom is -0.323 e. The Balaban J connectivity index is 1.62. The van der Waals surface area contributed by atoms with Crippen LogP contribution in [0.5, 0.6) is 0 Å². The third-order valence-corrected chi connectivity index (χ3v) is 5.21. The number of carbonyl (C=O) groups is 2. The number of likely N-dealkylation sites (N-methyl/N-ethyl adjacent to an activating group) is 1. The molecule has 2 aliphatic heterocycles. The van der Waals surface area contributed by atoms with Gasteiger partial charge < -0.3 is 10.2 Å². The molecular weight excluding hydrogens is 292 g/mol. The summed E-state index contributed by atoms with van der Waals surface area (Å²) in [5.41, 5.74) is 0.513. The molecule has 2 aliphatic rings. The van der Waals surface area contributed by atoms with Gasteiger partial charge in [0.25, 0.3) is 5.91 Å². The van der Waals surface area contributed by atoms with E-state index in [4.69, 9.17) is 0 Å². The van der Waals surface area contributed by atoms with Gasteiger partial charge in [0.2, 0.25) is 0 Å². The lowest BCUT2D eigenvalue weighted by molar-refractivity contribution is -0.132. The number of piperidine rings is 1. The van der Waals surface area contributed by atoms with E-state index in [1.54, 1.807) is 7.05 Å². The predicted molar refractivity (Wildman–Crippen MR) is 86.8 cm³/mol. The van der Waals surface area contributed by atoms with Crippen LogP contribution in [0.25, 0.3) is 0 Å². The van der Waals surface area contributed by atoms with Gasteiger partial charge in [0, 0.05) is 38.4 Å². The predicted octanol–water partition coefficient (Wildman–Crippen LogP) is 1.28. The molecule has 23 heavy (non-hydrogen) atoms. The van der Waals surface area contributed by atoms with Crippen molar-refractivity contribution in [1.82, 2.24) is 20.1 Å². The highest BCUT2D eigenvalue weighted by Gasteiger charge is 2.51. The van der Waals surface area contributed by atoms with Crippen molar-refractivity contribution in [2.45, 2.75) is 31.7 Å². The molecule has 1 aromatic rings. The first-order valence-corrected chi connectivity index (χ1v) is 8.22. The number of pyridine rings is 1. The molecule has 124 valence electrons. The number of nitrogens with one attached hydrogen (secondary N) is 1. The van der Waals surface area contributed by atoms with Crippen LogP contribution in [0.2, 0.25) is 0 Å². The number of hydrogen-bond donors (Lipinski definition) is 1. The highest BCUT2D eigenvalue weighted by atomic mass is 16.2. The summed E-state index contributed by atoms with van der Waals surface area (Å²) in [4.78, 5) is 31.9. The van der Waals surface area contributed by atoms with Gasteiger partial charge in [0.05, 0.1) is 0 Å². The summed E-state index contributed by atoms with van der Waals surface area (Å²) in [6, 6.07) is 3.79. The topological polar surface area (TPSA) is 65.5 Å². The molecule has 1 N–H and O–H groups in total. The van der Waals surface area contributed by atoms with E-state index in [0.29, 0.717) is 0 Å². The summed E-state index contributed by atoms with van der Waals surface area (Å²) >= 11 is 0. The Morgan fingerprint density at radius 3 is 2.74 bits per heavy atom. The Morgan fingerprint density at radius 2 is 2.09 bits per heavy atom. The second kappa shape index (κ2) is 6.28. The number of aromatic nitrogens is 1. The van der Waals surface area contributed by atoms with Crippen LogP contribution in [-0.4, -0.2) is 58.9 Å². The van der Waals surface area contributed by atoms with Crippen LogP contribution in [0.3, 0.4) is 0 Å². The molecule has 6 heteroatoms. The fourth-order valence-electron chi connectivity index (χ4n) is 3.64. The molecule has 2 atom stereocenters. The van der Waals surface area contributed by atoms with Gasteiger partial charge in [-0.2, -0.15) is 0 Å². The molecule has 0 saturated carbocycles. The Morgan fingerprint density at radius 1 is 1.35 bits per heavy atom. The Bertz CT molecular complexity index is 592. The molecule has 3 rings (SSSR count). The summed E-state index contributed by atoms with van der Waals surface area (Å²) in [6.45, 7) is 4.74. The largest absolute Gasteiger partial charge is 0.324 e. The molecule has 3 heterocycles. The molecular formula is C17H24N4O2. The van der Waals surface area contributed by atoms with Crippen LogP contribution in [0.4, 0.5) is 4.79 Å². The minimum absolute atomic E-state index is 0.108. The lowest BCUT2D eigenvalue weighted by atomic mass is 9.80. The Labute approximate surface area is 136 Å². The number of urea groups is 1. The molecule has 2 saturated heterocycles. The van der Waals surface area contributed by atoms with Gasteiger partial charge in [-0.05, 0) is 50.4 Å². The summed E-state index contributed by atoms with van der Waals surface area (Å²) in [7, 11) is 1.55. The van der Waals surface area contributed by atoms with Crippen LogP contribution in [-0.2, 0) is 11.2 Å². The van der Waals surface area contributed by atoms with E-state index < -0.39 is 5.54 Å². The molecule has 3 amide bonds. The normalized spacial score (nSPS) is 29.0. The van der Waals surface area contributed by atoms with E-state index in [9.17, 15) is 9.59 Å². The van der Waals surface area contributed by atoms with Crippen molar-refractivity contribution in [2.75, 3.05) is 26.7 Å². The average molecular weight is 316 g/mol. The van der Waals surface area contributed by atoms with Crippen LogP contribution < -0.4 is 5.32 Å². The Hall–Kier alpha value is -1.95. The molecule has 1 aromatic heterocycles. The third-order valence-electron chi connectivity index (χ3n) is 5.21. The van der Waals surface area contributed by atoms with Crippen molar-refractivity contribution in [3.8, 4) is 0 Å². The second-order valence-corrected chi connectivity index (χ2v) is 6.74. The fraction of sp³-hybridized carbons (Fsp3) is 0.588. The number of nitrogens with zero attached hydrogens (tertiary/aromatic N) is 3. The molecule has 0 unspecified atom stereocenters. The van der Waals surface area contributed by atoms with E-state index in [1.807, 2.05) is 31.5 Å². The van der Waals surface area contributed by atoms with E-state index >= 15 is 0 Å². The SMILES string of the molecule is CN1C(=O)N[C@](C)([C@@H]2CCCN(CCc3ccncc3)C2)C1=O. The summed E-state index contributed by atoms with van der Waals surface area (Å²) in [5, 5.41) is 2.90. The highest BCUT2D eigenvalue weighted by Crippen LogP contribution is 2.32. The highest BCUT2D eigenvalue weighted by molar-refractivity contribution is 6.06. The maximum absolute atomic E-state index is 12.4. The molecule has 6 nitrogen and oxygen atoms in total. The summed E-state index contributed by atoms with van der Waals surface area (Å²) < 4.78 is 0. The summed E-state index contributed by atoms with van der Waals surface area (Å²) in [6.07, 6.45) is 6.65. The number of likely N-dealkylation sites (tertiary alicyclic amines) is 1. The number of carbonyl (C=O) groups excluding carboxylic acids is 2. The fourth-order valence-corrected chi connectivity index (χ4v) is 3.64. The van der Waals surface area contributed by atoms with E-state index in [2.05, 4.69) is 15.2 Å². The lowest BCUT2D eigenvalue weighted by Crippen LogP contribution is -2.55. The van der Waals surface area contributed by atoms with Gasteiger partial charge in [-0.3, -0.25) is 14.7 Å². The van der Waals surface area contributed by atoms with E-state index in [-0.39, 0.29) is 17.9 Å². The van der Waals surface area contributed by atoms with Crippen molar-refractivity contribution in [2.24, 2.45) is 5.92 Å². The van der Waals surface area contributed by atoms with Crippen molar-refractivity contribution in [3.63, 3.8) is 0 Å². The van der Waals surface area contributed by atoms with Gasteiger partial charge in [-0.15, -0.1) is 0 Å². The lowest BCUT2D eigenvalue weighted by Gasteiger charge is -2.39. The first-order chi connectivity index (χ1) is 11.0. The van der Waals surface area contributed by atoms with Crippen LogP contribution in [0, 0.1) is 5.92 Å². The number of hydrogen-bond acceptors (Lipinski definition) is 4. The maximum atomic E-state index is 12.4. The molecule has 0 aliphatic carbocycles. The van der Waals surface area contributed by atoms with Gasteiger partial charge in [-0.1, -0.05) is 0 Å². The van der Waals surface area contributed by atoms with Crippen molar-refractivity contribution >= 4 is 11.9 Å². The zero-order chi connectivity index (χ0) is 16.4. The minimum atomic E-state index is -0.763. The van der Waals surface area contributed by atoms with Crippen LogP contribution >= 0.6 is 0 Å². The Kier molecular flexibility index (Phi) is 4.35. The first kappa shape index (κ1) is 15.9. The standard InChI is InChI=1S/C17H24N4O2/c1-17(15(22)20(2)16(23)19-17)14-4-3-10-21(12-14)11-7-13-5-8-18-9-6-13/h5-6,8-9,14H,3-4,7,10-12H2,1-2H3,(H,19,23)/t14-,17-/m1/s1. The molecule has 0 aromatic carbocycles. The first-order valence-electron chi connectivity index (χ1n) is 8.22. The van der Waals surface area contributed by atoms with Crippen molar-refractivity contribution in [1.29, 1.82) is 0 Å².